The van der Waals surface area contributed by atoms with Crippen molar-refractivity contribution in [3.05, 3.63) is 30.1 Å². The highest BCUT2D eigenvalue weighted by molar-refractivity contribution is 5.83. The monoisotopic (exact) mass is 519 g/mol. The number of fused-ring (bicyclic) bond motifs is 1. The van der Waals surface area contributed by atoms with Gasteiger partial charge in [0.05, 0.1) is 13.2 Å². The van der Waals surface area contributed by atoms with Crippen LogP contribution in [0.1, 0.15) is 31.2 Å². The number of aromatic amines is 2. The number of morpholine rings is 1. The number of carbonyl (C=O) groups is 1. The number of alkyl halides is 3. The molecular formula is C24H30F3N8O2+. The second-order valence-corrected chi connectivity index (χ2v) is 9.44. The lowest BCUT2D eigenvalue weighted by molar-refractivity contribution is -0.347. The third kappa shape index (κ3) is 5.87. The van der Waals surface area contributed by atoms with Crippen molar-refractivity contribution in [2.75, 3.05) is 41.8 Å². The Balaban J connectivity index is 1.26. The van der Waals surface area contributed by atoms with Gasteiger partial charge >= 0.3 is 23.7 Å². The van der Waals surface area contributed by atoms with Gasteiger partial charge in [0.15, 0.2) is 12.1 Å². The second-order valence-electron chi connectivity index (χ2n) is 9.44. The molecule has 1 aliphatic carbocycles. The molecule has 37 heavy (non-hydrogen) atoms. The van der Waals surface area contributed by atoms with E-state index in [1.54, 1.807) is 6.33 Å². The maximum absolute atomic E-state index is 12.6. The molecule has 2 aliphatic rings. The molecule has 5 rings (SSSR count). The summed E-state index contributed by atoms with van der Waals surface area (Å²) in [5, 5.41) is 8.81. The Bertz CT molecular complexity index is 1250. The number of carbonyl (C=O) groups excluding carboxylic acids is 1. The molecule has 2 fully saturated rings. The van der Waals surface area contributed by atoms with Gasteiger partial charge in [0.1, 0.15) is 0 Å². The number of aryl methyl sites for hydroxylation is 1. The first-order valence-corrected chi connectivity index (χ1v) is 12.4. The standard InChI is InChI=1S/C24H29F3N8O2/c1-14-12-17(35-8-10-37-11-9-35)6-7-18(14)32-23-33-20-19(28-13-29-20)21(34-23)30-15-2-4-16(5-3-15)31-22(36)24(25,26)27/h6-7,12-13,15-16H,2-5,8-11H2,1H3,(H,31,36)(H3,28,29,30,32,33,34)/p+1. The van der Waals surface area contributed by atoms with Gasteiger partial charge in [0, 0.05) is 36.5 Å². The van der Waals surface area contributed by atoms with E-state index in [1.165, 1.54) is 0 Å². The summed E-state index contributed by atoms with van der Waals surface area (Å²) in [6.07, 6.45) is -1.10. The van der Waals surface area contributed by atoms with E-state index in [0.29, 0.717) is 48.6 Å². The summed E-state index contributed by atoms with van der Waals surface area (Å²) in [6.45, 7) is 5.20. The molecule has 1 saturated heterocycles. The van der Waals surface area contributed by atoms with E-state index in [9.17, 15) is 18.0 Å². The molecule has 0 unspecified atom stereocenters. The smallest absolute Gasteiger partial charge is 0.378 e. The topological polar surface area (TPSA) is 121 Å². The molecule has 5 N–H and O–H groups in total. The first-order valence-electron chi connectivity index (χ1n) is 12.4. The summed E-state index contributed by atoms with van der Waals surface area (Å²) in [7, 11) is 0. The molecule has 10 nitrogen and oxygen atoms in total. The molecule has 198 valence electrons. The van der Waals surface area contributed by atoms with Crippen LogP contribution in [0.2, 0.25) is 0 Å². The van der Waals surface area contributed by atoms with E-state index in [2.05, 4.69) is 52.9 Å². The summed E-state index contributed by atoms with van der Waals surface area (Å²) < 4.78 is 43.1. The number of benzene rings is 1. The van der Waals surface area contributed by atoms with E-state index >= 15 is 0 Å². The zero-order valence-electron chi connectivity index (χ0n) is 20.4. The summed E-state index contributed by atoms with van der Waals surface area (Å²) in [5.41, 5.74) is 4.41. The molecule has 1 amide bonds. The zero-order chi connectivity index (χ0) is 26.0. The van der Waals surface area contributed by atoms with E-state index < -0.39 is 18.1 Å². The molecule has 3 heterocycles. The lowest BCUT2D eigenvalue weighted by atomic mass is 9.91. The van der Waals surface area contributed by atoms with Crippen LogP contribution in [0.3, 0.4) is 0 Å². The number of rotatable bonds is 6. The molecule has 0 atom stereocenters. The highest BCUT2D eigenvalue weighted by Gasteiger charge is 2.40. The van der Waals surface area contributed by atoms with Gasteiger partial charge in [0.2, 0.25) is 5.52 Å². The maximum atomic E-state index is 12.6. The minimum Gasteiger partial charge on any atom is -0.378 e. The van der Waals surface area contributed by atoms with Crippen molar-refractivity contribution in [1.29, 1.82) is 0 Å². The number of nitrogens with zero attached hydrogens (tertiary/aromatic N) is 3. The number of anilines is 4. The number of nitrogens with one attached hydrogen (secondary N) is 5. The van der Waals surface area contributed by atoms with Crippen molar-refractivity contribution in [2.45, 2.75) is 50.9 Å². The fourth-order valence-corrected chi connectivity index (χ4v) is 4.81. The Hall–Kier alpha value is -3.61. The Morgan fingerprint density at radius 2 is 1.86 bits per heavy atom. The molecule has 1 saturated carbocycles. The predicted molar refractivity (Wildman–Crippen MR) is 132 cm³/mol. The Morgan fingerprint density at radius 3 is 2.57 bits per heavy atom. The number of amides is 1. The normalized spacial score (nSPS) is 20.6. The lowest BCUT2D eigenvalue weighted by Gasteiger charge is -2.30. The van der Waals surface area contributed by atoms with Gasteiger partial charge in [-0.05, 0) is 56.4 Å². The average molecular weight is 520 g/mol. The number of halogens is 3. The van der Waals surface area contributed by atoms with E-state index in [4.69, 9.17) is 4.74 Å². The van der Waals surface area contributed by atoms with Crippen LogP contribution in [-0.2, 0) is 9.53 Å². The van der Waals surface area contributed by atoms with Crippen LogP contribution < -0.4 is 25.8 Å². The van der Waals surface area contributed by atoms with Crippen LogP contribution in [-0.4, -0.2) is 65.4 Å². The number of hydrogen-bond acceptors (Lipinski definition) is 7. The molecule has 13 heteroatoms. The minimum absolute atomic E-state index is 0.00262. The average Bonchev–Trinajstić information content (AvgIpc) is 3.35. The van der Waals surface area contributed by atoms with E-state index in [1.807, 2.05) is 13.0 Å². The van der Waals surface area contributed by atoms with Crippen LogP contribution in [0.25, 0.3) is 11.2 Å². The second kappa shape index (κ2) is 10.4. The largest absolute Gasteiger partial charge is 0.471 e. The Labute approximate surface area is 211 Å². The number of aromatic nitrogens is 4. The summed E-state index contributed by atoms with van der Waals surface area (Å²) in [4.78, 5) is 29.0. The fraction of sp³-hybridized carbons (Fsp3) is 0.500. The molecule has 3 aromatic rings. The van der Waals surface area contributed by atoms with Gasteiger partial charge in [-0.1, -0.05) is 4.98 Å². The van der Waals surface area contributed by atoms with Crippen molar-refractivity contribution in [1.82, 2.24) is 20.3 Å². The minimum atomic E-state index is -4.86. The number of H-pyrrole nitrogens is 2. The summed E-state index contributed by atoms with van der Waals surface area (Å²) in [6, 6.07) is 5.72. The molecule has 1 aliphatic heterocycles. The lowest BCUT2D eigenvalue weighted by Crippen LogP contribution is -2.45. The first kappa shape index (κ1) is 25.1. The third-order valence-corrected chi connectivity index (χ3v) is 6.83. The predicted octanol–water partition coefficient (Wildman–Crippen LogP) is 3.06. The van der Waals surface area contributed by atoms with Crippen molar-refractivity contribution >= 4 is 40.2 Å². The number of hydrogen-bond donors (Lipinski definition) is 4. The first-order chi connectivity index (χ1) is 17.8. The van der Waals surface area contributed by atoms with Gasteiger partial charge in [-0.3, -0.25) is 9.78 Å². The third-order valence-electron chi connectivity index (χ3n) is 6.83. The van der Waals surface area contributed by atoms with Gasteiger partial charge in [-0.2, -0.15) is 18.2 Å². The molecule has 2 aromatic heterocycles. The van der Waals surface area contributed by atoms with Crippen LogP contribution in [0.5, 0.6) is 0 Å². The summed E-state index contributed by atoms with van der Waals surface area (Å²) in [5.74, 6) is -0.870. The SMILES string of the molecule is Cc1cc(N2CCOCC2)ccc1Nc1nc(NC2CCC(NC(=O)C(F)(F)F)CC2)c2[nH]c[nH+]c2n1. The zero-order valence-corrected chi connectivity index (χ0v) is 20.4. The molecule has 1 aromatic carbocycles. The summed E-state index contributed by atoms with van der Waals surface area (Å²) >= 11 is 0. The quantitative estimate of drug-likeness (QED) is 0.395. The number of ether oxygens (including phenoxy) is 1. The van der Waals surface area contributed by atoms with Gasteiger partial charge in [-0.25, -0.2) is 4.98 Å². The Kier molecular flexibility index (Phi) is 7.04. The van der Waals surface area contributed by atoms with Crippen molar-refractivity contribution < 1.29 is 27.7 Å². The molecule has 0 spiro atoms. The Morgan fingerprint density at radius 1 is 1.14 bits per heavy atom. The van der Waals surface area contributed by atoms with Gasteiger partial charge < -0.3 is 25.6 Å². The number of imidazole rings is 1. The van der Waals surface area contributed by atoms with Gasteiger partial charge in [0.25, 0.3) is 0 Å². The van der Waals surface area contributed by atoms with Crippen molar-refractivity contribution in [3.63, 3.8) is 0 Å². The van der Waals surface area contributed by atoms with Crippen molar-refractivity contribution in [2.24, 2.45) is 0 Å². The molecule has 0 radical (unpaired) electrons. The molecular weight excluding hydrogens is 489 g/mol. The van der Waals surface area contributed by atoms with Crippen LogP contribution >= 0.6 is 0 Å². The van der Waals surface area contributed by atoms with E-state index in [0.717, 1.165) is 43.2 Å². The highest BCUT2D eigenvalue weighted by Crippen LogP contribution is 2.28. The van der Waals surface area contributed by atoms with E-state index in [-0.39, 0.29) is 6.04 Å². The van der Waals surface area contributed by atoms with Gasteiger partial charge in [-0.15, -0.1) is 0 Å². The van der Waals surface area contributed by atoms with Crippen LogP contribution in [0, 0.1) is 6.92 Å². The van der Waals surface area contributed by atoms with Crippen LogP contribution in [0.15, 0.2) is 24.5 Å². The fourth-order valence-electron chi connectivity index (χ4n) is 4.81. The van der Waals surface area contributed by atoms with Crippen LogP contribution in [0.4, 0.5) is 36.3 Å². The maximum Gasteiger partial charge on any atom is 0.471 e. The molecule has 0 bridgehead atoms. The van der Waals surface area contributed by atoms with Crippen molar-refractivity contribution in [3.8, 4) is 0 Å². The highest BCUT2D eigenvalue weighted by atomic mass is 19.4.